The maximum absolute atomic E-state index is 14.8. The SMILES string of the molecule is FC(F)(F)C1=Cc2c(c3ccc(C(F)(F)F)cc3n2-c2ccc(C(F)(F)F)cc2-c2nc(-c3ccccc3)nc(-c3cc(C(F)(F)F)ccc3-n3c4cc(C(F)(F)F)ccc4c4ccc(C(F)(F)F)cc43)n2)CC1. The summed E-state index contributed by atoms with van der Waals surface area (Å²) in [4.78, 5) is 13.1. The lowest BCUT2D eigenvalue weighted by atomic mass is 9.94. The molecule has 10 rings (SSSR count). The molecule has 6 aromatic carbocycles. The second kappa shape index (κ2) is 16.8. The lowest BCUT2D eigenvalue weighted by Gasteiger charge is -2.21. The first kappa shape index (κ1) is 49.7. The number of hydrogen-bond acceptors (Lipinski definition) is 3. The fourth-order valence-corrected chi connectivity index (χ4v) is 9.08. The van der Waals surface area contributed by atoms with E-state index in [4.69, 9.17) is 0 Å². The van der Waals surface area contributed by atoms with Gasteiger partial charge in [-0.3, -0.25) is 0 Å². The van der Waals surface area contributed by atoms with Crippen LogP contribution in [0.5, 0.6) is 0 Å². The van der Waals surface area contributed by atoms with Crippen molar-refractivity contribution in [2.45, 2.75) is 49.9 Å². The van der Waals surface area contributed by atoms with Crippen molar-refractivity contribution in [2.24, 2.45) is 0 Å². The van der Waals surface area contributed by atoms with Gasteiger partial charge in [0.2, 0.25) is 0 Å². The summed E-state index contributed by atoms with van der Waals surface area (Å²) in [6.45, 7) is 0. The number of allylic oxidation sites excluding steroid dienone is 1. The van der Waals surface area contributed by atoms with Crippen LogP contribution in [0.3, 0.4) is 0 Å². The first-order valence-corrected chi connectivity index (χ1v) is 21.5. The maximum Gasteiger partial charge on any atom is 0.416 e. The number of nitrogens with zero attached hydrogens (tertiary/aromatic N) is 5. The summed E-state index contributed by atoms with van der Waals surface area (Å²) >= 11 is 0. The fourth-order valence-electron chi connectivity index (χ4n) is 9.08. The van der Waals surface area contributed by atoms with E-state index in [1.165, 1.54) is 30.3 Å². The van der Waals surface area contributed by atoms with Crippen LogP contribution in [-0.2, 0) is 37.3 Å². The van der Waals surface area contributed by atoms with Gasteiger partial charge in [-0.2, -0.15) is 79.0 Å². The van der Waals surface area contributed by atoms with Crippen molar-refractivity contribution in [3.63, 3.8) is 0 Å². The highest BCUT2D eigenvalue weighted by Crippen LogP contribution is 2.47. The summed E-state index contributed by atoms with van der Waals surface area (Å²) in [5.41, 5.74) is -12.6. The smallest absolute Gasteiger partial charge is 0.309 e. The average molecular weight is 1050 g/mol. The van der Waals surface area contributed by atoms with Crippen molar-refractivity contribution in [1.82, 2.24) is 24.1 Å². The van der Waals surface area contributed by atoms with Gasteiger partial charge in [0.25, 0.3) is 0 Å². The Morgan fingerprint density at radius 2 is 0.730 bits per heavy atom. The average Bonchev–Trinajstić information content (AvgIpc) is 3.83. The molecule has 0 unspecified atom stereocenters. The molecule has 0 saturated carbocycles. The lowest BCUT2D eigenvalue weighted by molar-refractivity contribution is -0.138. The predicted octanol–water partition coefficient (Wildman–Crippen LogP) is 16.9. The molecule has 1 aliphatic carbocycles. The van der Waals surface area contributed by atoms with E-state index in [9.17, 15) is 79.0 Å². The van der Waals surface area contributed by atoms with Gasteiger partial charge in [-0.05, 0) is 97.3 Å². The molecule has 5 nitrogen and oxygen atoms in total. The Kier molecular flexibility index (Phi) is 11.3. The van der Waals surface area contributed by atoms with E-state index in [0.29, 0.717) is 72.8 Å². The van der Waals surface area contributed by atoms with E-state index in [1.54, 1.807) is 0 Å². The van der Waals surface area contributed by atoms with Gasteiger partial charge in [0.15, 0.2) is 17.5 Å². The number of halogens is 18. The minimum absolute atomic E-state index is 0.00248. The largest absolute Gasteiger partial charge is 0.416 e. The van der Waals surface area contributed by atoms with E-state index in [0.717, 1.165) is 33.4 Å². The molecule has 0 atom stereocenters. The van der Waals surface area contributed by atoms with Crippen LogP contribution in [0.25, 0.3) is 84.3 Å². The first-order chi connectivity index (χ1) is 34.5. The standard InChI is InChI=1S/C51H25F18N5/c52-46(53,54)25-10-16-37(73-39-20-27(48(58,59)60)6-12-31(39)32-13-7-28(21-40(32)73)49(61,62)63)35(18-25)44-70-43(24-4-2-1-3-5-24)71-45(72-44)36-19-26(47(55,56)57)11-17-38(36)74-41-22-29(50(64,65)66)8-14-33(41)34-15-9-30(23-42(34)74)51(67,68)69/h1-8,10-14,16-23H,9,15H2. The van der Waals surface area contributed by atoms with Crippen LogP contribution in [0.4, 0.5) is 79.0 Å². The molecule has 74 heavy (non-hydrogen) atoms. The number of alkyl halides is 18. The van der Waals surface area contributed by atoms with Crippen LogP contribution in [0, 0.1) is 0 Å². The molecule has 0 spiro atoms. The Hall–Kier alpha value is -7.85. The second-order valence-electron chi connectivity index (χ2n) is 17.0. The summed E-state index contributed by atoms with van der Waals surface area (Å²) in [7, 11) is 0. The summed E-state index contributed by atoms with van der Waals surface area (Å²) in [5.74, 6) is -2.28. The van der Waals surface area contributed by atoms with Crippen molar-refractivity contribution in [1.29, 1.82) is 0 Å². The van der Waals surface area contributed by atoms with Gasteiger partial charge in [0, 0.05) is 38.4 Å². The van der Waals surface area contributed by atoms with Gasteiger partial charge in [-0.1, -0.05) is 48.5 Å². The van der Waals surface area contributed by atoms with Crippen LogP contribution in [0.1, 0.15) is 45.5 Å². The quantitative estimate of drug-likeness (QED) is 0.161. The maximum atomic E-state index is 14.8. The van der Waals surface area contributed by atoms with Crippen molar-refractivity contribution in [3.8, 4) is 45.5 Å². The number of hydrogen-bond donors (Lipinski definition) is 0. The Morgan fingerprint density at radius 1 is 0.351 bits per heavy atom. The molecule has 0 fully saturated rings. The number of aromatic nitrogens is 5. The van der Waals surface area contributed by atoms with E-state index in [1.807, 2.05) is 0 Å². The topological polar surface area (TPSA) is 48.5 Å². The number of benzene rings is 6. The van der Waals surface area contributed by atoms with Gasteiger partial charge in [0.05, 0.1) is 61.4 Å². The van der Waals surface area contributed by atoms with Gasteiger partial charge in [0.1, 0.15) is 0 Å². The molecular formula is C51H25F18N5. The molecule has 0 saturated heterocycles. The van der Waals surface area contributed by atoms with Crippen LogP contribution >= 0.6 is 0 Å². The van der Waals surface area contributed by atoms with Gasteiger partial charge >= 0.3 is 37.1 Å². The van der Waals surface area contributed by atoms with Crippen molar-refractivity contribution >= 4 is 38.8 Å². The number of fused-ring (bicyclic) bond motifs is 6. The molecule has 9 aromatic rings. The summed E-state index contributed by atoms with van der Waals surface area (Å²) in [6, 6.07) is 16.6. The van der Waals surface area contributed by atoms with E-state index < -0.39 is 146 Å². The molecular weight excluding hydrogens is 1020 g/mol. The highest BCUT2D eigenvalue weighted by Gasteiger charge is 2.40. The number of rotatable bonds is 5. The first-order valence-electron chi connectivity index (χ1n) is 21.5. The minimum atomic E-state index is -5.24. The molecule has 0 amide bonds. The van der Waals surface area contributed by atoms with Gasteiger partial charge in [-0.15, -0.1) is 0 Å². The molecule has 23 heteroatoms. The normalized spacial score (nSPS) is 14.1. The summed E-state index contributed by atoms with van der Waals surface area (Å²) < 4.78 is 263. The van der Waals surface area contributed by atoms with Crippen LogP contribution in [-0.4, -0.2) is 30.3 Å². The van der Waals surface area contributed by atoms with Crippen LogP contribution in [0.2, 0.25) is 0 Å². The van der Waals surface area contributed by atoms with Crippen molar-refractivity contribution < 1.29 is 79.0 Å². The minimum Gasteiger partial charge on any atom is -0.309 e. The Balaban J connectivity index is 1.34. The highest BCUT2D eigenvalue weighted by atomic mass is 19.4. The summed E-state index contributed by atoms with van der Waals surface area (Å²) in [6.07, 6.45) is -31.1. The Bertz CT molecular complexity index is 3680. The Labute approximate surface area is 402 Å². The molecule has 3 aromatic heterocycles. The third-order valence-electron chi connectivity index (χ3n) is 12.5. The fraction of sp³-hybridized carbons (Fsp3) is 0.157. The van der Waals surface area contributed by atoms with Crippen LogP contribution < -0.4 is 0 Å². The zero-order valence-corrected chi connectivity index (χ0v) is 36.6. The third kappa shape index (κ3) is 8.84. The molecule has 0 bridgehead atoms. The summed E-state index contributed by atoms with van der Waals surface area (Å²) in [5, 5.41) is -0.248. The predicted molar refractivity (Wildman–Crippen MR) is 235 cm³/mol. The second-order valence-corrected chi connectivity index (χ2v) is 17.0. The zero-order valence-electron chi connectivity index (χ0n) is 36.6. The molecule has 380 valence electrons. The zero-order chi connectivity index (χ0) is 53.2. The number of aryl methyl sites for hydroxylation is 1. The van der Waals surface area contributed by atoms with Gasteiger partial charge < -0.3 is 9.13 Å². The monoisotopic (exact) mass is 1050 g/mol. The van der Waals surface area contributed by atoms with E-state index in [2.05, 4.69) is 15.0 Å². The lowest BCUT2D eigenvalue weighted by Crippen LogP contribution is -2.16. The van der Waals surface area contributed by atoms with Crippen molar-refractivity contribution in [3.05, 3.63) is 166 Å². The Morgan fingerprint density at radius 3 is 1.16 bits per heavy atom. The van der Waals surface area contributed by atoms with E-state index in [-0.39, 0.29) is 27.3 Å². The third-order valence-corrected chi connectivity index (χ3v) is 12.5. The molecule has 0 radical (unpaired) electrons. The highest BCUT2D eigenvalue weighted by molar-refractivity contribution is 6.10. The van der Waals surface area contributed by atoms with Crippen molar-refractivity contribution in [2.75, 3.05) is 0 Å². The van der Waals surface area contributed by atoms with Gasteiger partial charge in [-0.25, -0.2) is 15.0 Å². The van der Waals surface area contributed by atoms with E-state index >= 15 is 0 Å². The molecule has 3 heterocycles. The molecule has 1 aliphatic rings. The molecule has 0 N–H and O–H groups in total. The van der Waals surface area contributed by atoms with Crippen LogP contribution in [0.15, 0.2) is 127 Å². The molecule has 0 aliphatic heterocycles.